The van der Waals surface area contributed by atoms with Gasteiger partial charge in [0.15, 0.2) is 0 Å². The third kappa shape index (κ3) is 2.60. The van der Waals surface area contributed by atoms with Crippen LogP contribution in [0.2, 0.25) is 19.6 Å². The first-order valence-electron chi connectivity index (χ1n) is 4.71. The van der Waals surface area contributed by atoms with Gasteiger partial charge in [0, 0.05) is 0 Å². The van der Waals surface area contributed by atoms with E-state index >= 15 is 0 Å². The molecule has 1 rings (SSSR count). The van der Waals surface area contributed by atoms with Gasteiger partial charge in [0.25, 0.3) is 0 Å². The van der Waals surface area contributed by atoms with E-state index in [-0.39, 0.29) is 0 Å². The highest BCUT2D eigenvalue weighted by Crippen LogP contribution is 2.34. The molecule has 1 fully saturated rings. The van der Waals surface area contributed by atoms with Crippen LogP contribution in [0.3, 0.4) is 0 Å². The number of ether oxygens (including phenoxy) is 1. The fraction of sp³-hybridized carbons (Fsp3) is 1.00. The molecule has 0 saturated carbocycles. The molecule has 1 saturated heterocycles. The summed E-state index contributed by atoms with van der Waals surface area (Å²) in [5.74, 6) is 0. The lowest BCUT2D eigenvalue weighted by atomic mass is 10.2. The average Bonchev–Trinajstić information content (AvgIpc) is 2.60. The van der Waals surface area contributed by atoms with Crippen LogP contribution in [0.15, 0.2) is 0 Å². The maximum absolute atomic E-state index is 5.65. The molecule has 11 heavy (non-hydrogen) atoms. The molecule has 0 aromatic heterocycles. The van der Waals surface area contributed by atoms with Gasteiger partial charge in [-0.15, -0.1) is 0 Å². The third-order valence-corrected chi connectivity index (χ3v) is 4.49. The monoisotopic (exact) mass is 172 g/mol. The Morgan fingerprint density at radius 2 is 1.91 bits per heavy atom. The van der Waals surface area contributed by atoms with Gasteiger partial charge >= 0.3 is 0 Å². The molecule has 0 amide bonds. The predicted octanol–water partition coefficient (Wildman–Crippen LogP) is 2.82. The van der Waals surface area contributed by atoms with Crippen LogP contribution in [0.1, 0.15) is 26.2 Å². The van der Waals surface area contributed by atoms with Crippen LogP contribution in [0, 0.1) is 0 Å². The Morgan fingerprint density at radius 3 is 2.27 bits per heavy atom. The molecular formula is C9H20OSi. The summed E-state index contributed by atoms with van der Waals surface area (Å²) in [5, 5.41) is 0. The Bertz CT molecular complexity index is 128. The van der Waals surface area contributed by atoms with E-state index < -0.39 is 8.07 Å². The zero-order chi connectivity index (χ0) is 8.48. The van der Waals surface area contributed by atoms with Crippen LogP contribution in [0.25, 0.3) is 0 Å². The molecule has 0 unspecified atom stereocenters. The SMILES string of the molecule is CCCC[C@H]1O[C@H]1[Si](C)(C)C. The highest BCUT2D eigenvalue weighted by molar-refractivity contribution is 6.78. The second kappa shape index (κ2) is 3.28. The van der Waals surface area contributed by atoms with Gasteiger partial charge < -0.3 is 4.74 Å². The van der Waals surface area contributed by atoms with Crippen molar-refractivity contribution in [3.8, 4) is 0 Å². The smallest absolute Gasteiger partial charge is 0.0819 e. The Labute approximate surface area is 71.1 Å². The fourth-order valence-corrected chi connectivity index (χ4v) is 3.39. The first-order valence-corrected chi connectivity index (χ1v) is 8.29. The van der Waals surface area contributed by atoms with E-state index in [1.807, 2.05) is 0 Å². The molecule has 0 spiro atoms. The van der Waals surface area contributed by atoms with Crippen molar-refractivity contribution < 1.29 is 4.74 Å². The van der Waals surface area contributed by atoms with Crippen LogP contribution < -0.4 is 0 Å². The molecule has 0 aliphatic carbocycles. The summed E-state index contributed by atoms with van der Waals surface area (Å²) in [6, 6.07) is 0. The van der Waals surface area contributed by atoms with Crippen molar-refractivity contribution >= 4 is 8.07 Å². The summed E-state index contributed by atoms with van der Waals surface area (Å²) in [7, 11) is -0.959. The Morgan fingerprint density at radius 1 is 1.27 bits per heavy atom. The first kappa shape index (κ1) is 9.27. The lowest BCUT2D eigenvalue weighted by Gasteiger charge is -2.10. The second-order valence-corrected chi connectivity index (χ2v) is 9.90. The van der Waals surface area contributed by atoms with E-state index in [1.54, 1.807) is 0 Å². The molecule has 1 nitrogen and oxygen atoms in total. The number of unbranched alkanes of at least 4 members (excludes halogenated alkanes) is 1. The molecule has 1 heterocycles. The van der Waals surface area contributed by atoms with Gasteiger partial charge in [-0.1, -0.05) is 39.4 Å². The molecular weight excluding hydrogens is 152 g/mol. The Balaban J connectivity index is 2.16. The van der Waals surface area contributed by atoms with Crippen LogP contribution in [-0.4, -0.2) is 19.9 Å². The van der Waals surface area contributed by atoms with E-state index in [1.165, 1.54) is 19.3 Å². The van der Waals surface area contributed by atoms with E-state index in [4.69, 9.17) is 4.74 Å². The van der Waals surface area contributed by atoms with Gasteiger partial charge in [0.2, 0.25) is 0 Å². The lowest BCUT2D eigenvalue weighted by Crippen LogP contribution is -2.30. The van der Waals surface area contributed by atoms with Crippen molar-refractivity contribution in [3.05, 3.63) is 0 Å². The minimum Gasteiger partial charge on any atom is -0.373 e. The average molecular weight is 172 g/mol. The predicted molar refractivity (Wildman–Crippen MR) is 51.5 cm³/mol. The molecule has 2 heteroatoms. The minimum atomic E-state index is -0.959. The van der Waals surface area contributed by atoms with Crippen LogP contribution in [-0.2, 0) is 4.74 Å². The number of hydrogen-bond acceptors (Lipinski definition) is 1. The van der Waals surface area contributed by atoms with Crippen molar-refractivity contribution in [1.82, 2.24) is 0 Å². The molecule has 2 atom stereocenters. The fourth-order valence-electron chi connectivity index (χ4n) is 1.53. The largest absolute Gasteiger partial charge is 0.373 e. The molecule has 66 valence electrons. The van der Waals surface area contributed by atoms with Crippen LogP contribution >= 0.6 is 0 Å². The van der Waals surface area contributed by atoms with Gasteiger partial charge in [0.1, 0.15) is 0 Å². The maximum atomic E-state index is 5.65. The third-order valence-electron chi connectivity index (χ3n) is 2.28. The van der Waals surface area contributed by atoms with E-state index in [2.05, 4.69) is 26.6 Å². The van der Waals surface area contributed by atoms with E-state index in [0.717, 1.165) is 0 Å². The summed E-state index contributed by atoms with van der Waals surface area (Å²) in [6.45, 7) is 9.42. The normalized spacial score (nSPS) is 30.5. The number of rotatable bonds is 4. The van der Waals surface area contributed by atoms with Crippen molar-refractivity contribution in [3.63, 3.8) is 0 Å². The van der Waals surface area contributed by atoms with E-state index in [9.17, 15) is 0 Å². The van der Waals surface area contributed by atoms with Crippen molar-refractivity contribution in [2.45, 2.75) is 57.7 Å². The zero-order valence-corrected chi connectivity index (χ0v) is 9.18. The molecule has 1 aliphatic rings. The minimum absolute atomic E-state index is 0.640. The summed E-state index contributed by atoms with van der Waals surface area (Å²) < 4.78 is 5.65. The standard InChI is InChI=1S/C9H20OSi/c1-5-6-7-8-9(10-8)11(2,3)4/h8-9H,5-7H2,1-4H3/t8-,9+/m1/s1. The number of epoxide rings is 1. The highest BCUT2D eigenvalue weighted by atomic mass is 28.3. The summed E-state index contributed by atoms with van der Waals surface area (Å²) >= 11 is 0. The van der Waals surface area contributed by atoms with Gasteiger partial charge in [-0.25, -0.2) is 0 Å². The summed E-state index contributed by atoms with van der Waals surface area (Å²) in [5.41, 5.74) is 0.675. The van der Waals surface area contributed by atoms with Gasteiger partial charge in [-0.3, -0.25) is 0 Å². The summed E-state index contributed by atoms with van der Waals surface area (Å²) in [6.07, 6.45) is 4.58. The maximum Gasteiger partial charge on any atom is 0.0819 e. The second-order valence-electron chi connectivity index (χ2n) is 4.60. The van der Waals surface area contributed by atoms with Crippen LogP contribution in [0.4, 0.5) is 0 Å². The highest BCUT2D eigenvalue weighted by Gasteiger charge is 2.47. The zero-order valence-electron chi connectivity index (χ0n) is 8.18. The lowest BCUT2D eigenvalue weighted by molar-refractivity contribution is 0.380. The Hall–Kier alpha value is 0.177. The quantitative estimate of drug-likeness (QED) is 0.469. The first-order chi connectivity index (χ1) is 5.05. The van der Waals surface area contributed by atoms with Gasteiger partial charge in [-0.2, -0.15) is 0 Å². The molecule has 1 aliphatic heterocycles. The molecule has 0 N–H and O–H groups in total. The Kier molecular flexibility index (Phi) is 2.76. The van der Waals surface area contributed by atoms with Crippen molar-refractivity contribution in [1.29, 1.82) is 0 Å². The van der Waals surface area contributed by atoms with Crippen molar-refractivity contribution in [2.24, 2.45) is 0 Å². The number of hydrogen-bond donors (Lipinski definition) is 0. The summed E-state index contributed by atoms with van der Waals surface area (Å²) in [4.78, 5) is 0. The van der Waals surface area contributed by atoms with Crippen molar-refractivity contribution in [2.75, 3.05) is 0 Å². The molecule has 0 aromatic carbocycles. The van der Waals surface area contributed by atoms with Crippen LogP contribution in [0.5, 0.6) is 0 Å². The molecule has 0 bridgehead atoms. The van der Waals surface area contributed by atoms with Gasteiger partial charge in [0.05, 0.1) is 19.9 Å². The van der Waals surface area contributed by atoms with E-state index in [0.29, 0.717) is 11.8 Å². The van der Waals surface area contributed by atoms with Gasteiger partial charge in [-0.05, 0) is 6.42 Å². The topological polar surface area (TPSA) is 12.5 Å². The molecule has 0 aromatic rings. The molecule has 0 radical (unpaired) electrons.